The van der Waals surface area contributed by atoms with Crippen LogP contribution < -0.4 is 5.32 Å². The molecule has 0 radical (unpaired) electrons. The fourth-order valence-electron chi connectivity index (χ4n) is 1.17. The van der Waals surface area contributed by atoms with Gasteiger partial charge in [0.25, 0.3) is 0 Å². The molecule has 2 atom stereocenters. The Labute approximate surface area is 83.8 Å². The Morgan fingerprint density at radius 2 is 2.07 bits per heavy atom. The zero-order chi connectivity index (χ0) is 10.1. The first-order valence-corrected chi connectivity index (χ1v) is 3.59. The number of ether oxygens (including phenoxy) is 1. The summed E-state index contributed by atoms with van der Waals surface area (Å²) in [6.07, 6.45) is -5.95. The lowest BCUT2D eigenvalue weighted by Crippen LogP contribution is -2.30. The van der Waals surface area contributed by atoms with Crippen LogP contribution in [0, 0.1) is 0 Å². The second kappa shape index (κ2) is 4.81. The van der Waals surface area contributed by atoms with Gasteiger partial charge in [-0.05, 0) is 0 Å². The molecule has 1 aliphatic rings. The molecule has 0 aromatic heterocycles. The van der Waals surface area contributed by atoms with Crippen LogP contribution in [-0.2, 0) is 9.53 Å². The molecule has 0 unspecified atom stereocenters. The summed E-state index contributed by atoms with van der Waals surface area (Å²) in [7, 11) is 0. The number of carboxylic acid groups (broad SMARTS) is 1. The Balaban J connectivity index is 0.00000169. The zero-order valence-electron chi connectivity index (χ0n) is 6.87. The molecule has 84 valence electrons. The number of hydrogen-bond acceptors (Lipinski definition) is 3. The van der Waals surface area contributed by atoms with Gasteiger partial charge in [0.15, 0.2) is 0 Å². The van der Waals surface area contributed by atoms with Crippen LogP contribution in [0.2, 0.25) is 0 Å². The van der Waals surface area contributed by atoms with Gasteiger partial charge < -0.3 is 10.4 Å². The number of alkyl halides is 3. The van der Waals surface area contributed by atoms with Crippen LogP contribution in [0.4, 0.5) is 13.2 Å². The number of rotatable bonds is 2. The zero-order valence-corrected chi connectivity index (χ0v) is 7.69. The summed E-state index contributed by atoms with van der Waals surface area (Å²) < 4.78 is 38.6. The lowest BCUT2D eigenvalue weighted by atomic mass is 10.2. The monoisotopic (exact) mass is 235 g/mol. The second-order valence-electron chi connectivity index (χ2n) is 2.72. The van der Waals surface area contributed by atoms with Gasteiger partial charge in [-0.1, -0.05) is 0 Å². The quantitative estimate of drug-likeness (QED) is 0.742. The van der Waals surface area contributed by atoms with Crippen LogP contribution in [0.3, 0.4) is 0 Å². The third-order valence-electron chi connectivity index (χ3n) is 1.69. The van der Waals surface area contributed by atoms with E-state index in [0.717, 1.165) is 0 Å². The Morgan fingerprint density at radius 1 is 1.50 bits per heavy atom. The summed E-state index contributed by atoms with van der Waals surface area (Å²) in [4.78, 5) is 10.3. The second-order valence-corrected chi connectivity index (χ2v) is 2.72. The molecule has 0 aromatic rings. The van der Waals surface area contributed by atoms with E-state index in [1.165, 1.54) is 0 Å². The van der Waals surface area contributed by atoms with E-state index in [1.807, 2.05) is 0 Å². The Kier molecular flexibility index (Phi) is 4.63. The maximum Gasteiger partial charge on any atom is 0.522 e. The van der Waals surface area contributed by atoms with E-state index in [9.17, 15) is 18.0 Å². The van der Waals surface area contributed by atoms with Crippen molar-refractivity contribution in [1.82, 2.24) is 5.32 Å². The predicted molar refractivity (Wildman–Crippen MR) is 42.2 cm³/mol. The van der Waals surface area contributed by atoms with Crippen molar-refractivity contribution >= 4 is 18.4 Å². The number of carboxylic acids is 1. The van der Waals surface area contributed by atoms with E-state index in [2.05, 4.69) is 10.1 Å². The van der Waals surface area contributed by atoms with Gasteiger partial charge in [-0.2, -0.15) is 0 Å². The van der Waals surface area contributed by atoms with Gasteiger partial charge in [0, 0.05) is 13.0 Å². The van der Waals surface area contributed by atoms with E-state index in [4.69, 9.17) is 5.11 Å². The Bertz CT molecular complexity index is 211. The normalized spacial score (nSPS) is 27.1. The van der Waals surface area contributed by atoms with Gasteiger partial charge in [0.05, 0.1) is 6.10 Å². The summed E-state index contributed by atoms with van der Waals surface area (Å²) in [5.74, 6) is -1.16. The van der Waals surface area contributed by atoms with E-state index in [-0.39, 0.29) is 25.4 Å². The predicted octanol–water partition coefficient (Wildman–Crippen LogP) is 0.760. The molecule has 0 saturated carbocycles. The van der Waals surface area contributed by atoms with Crippen molar-refractivity contribution in [3.05, 3.63) is 0 Å². The van der Waals surface area contributed by atoms with Gasteiger partial charge in [0.1, 0.15) is 6.04 Å². The average molecular weight is 236 g/mol. The average Bonchev–Trinajstić information content (AvgIpc) is 2.31. The van der Waals surface area contributed by atoms with Crippen LogP contribution in [0.15, 0.2) is 0 Å². The summed E-state index contributed by atoms with van der Waals surface area (Å²) >= 11 is 0. The largest absolute Gasteiger partial charge is 0.522 e. The minimum atomic E-state index is -4.69. The highest BCUT2D eigenvalue weighted by Gasteiger charge is 2.38. The van der Waals surface area contributed by atoms with E-state index in [1.54, 1.807) is 0 Å². The number of aliphatic carboxylic acids is 1. The topological polar surface area (TPSA) is 58.6 Å². The van der Waals surface area contributed by atoms with Gasteiger partial charge in [0.2, 0.25) is 0 Å². The molecule has 0 amide bonds. The van der Waals surface area contributed by atoms with Gasteiger partial charge in [-0.15, -0.1) is 25.6 Å². The highest BCUT2D eigenvalue weighted by Crippen LogP contribution is 2.22. The Hall–Kier alpha value is -0.530. The molecule has 0 aromatic carbocycles. The van der Waals surface area contributed by atoms with Crippen molar-refractivity contribution in [2.45, 2.75) is 24.9 Å². The molecule has 0 aliphatic carbocycles. The number of hydrogen-bond donors (Lipinski definition) is 2. The van der Waals surface area contributed by atoms with Gasteiger partial charge >= 0.3 is 12.3 Å². The van der Waals surface area contributed by atoms with Crippen LogP contribution in [-0.4, -0.2) is 36.1 Å². The maximum absolute atomic E-state index is 11.6. The van der Waals surface area contributed by atoms with Crippen molar-refractivity contribution in [3.63, 3.8) is 0 Å². The molecule has 1 saturated heterocycles. The summed E-state index contributed by atoms with van der Waals surface area (Å²) in [5.41, 5.74) is 0. The van der Waals surface area contributed by atoms with E-state index in [0.29, 0.717) is 0 Å². The first kappa shape index (κ1) is 13.5. The maximum atomic E-state index is 11.6. The van der Waals surface area contributed by atoms with E-state index >= 15 is 0 Å². The smallest absolute Gasteiger partial charge is 0.480 e. The minimum Gasteiger partial charge on any atom is -0.480 e. The molecule has 8 heteroatoms. The molecule has 1 fully saturated rings. The molecule has 4 nitrogen and oxygen atoms in total. The van der Waals surface area contributed by atoms with Crippen molar-refractivity contribution in [2.75, 3.05) is 6.54 Å². The minimum absolute atomic E-state index is 0. The molecule has 14 heavy (non-hydrogen) atoms. The number of carbonyl (C=O) groups is 1. The molecule has 0 bridgehead atoms. The van der Waals surface area contributed by atoms with Crippen LogP contribution in [0.25, 0.3) is 0 Å². The van der Waals surface area contributed by atoms with E-state index < -0.39 is 24.5 Å². The number of halogens is 4. The van der Waals surface area contributed by atoms with Crippen LogP contribution in [0.1, 0.15) is 6.42 Å². The molecular formula is C6H9ClF3NO3. The van der Waals surface area contributed by atoms with Gasteiger partial charge in [-0.25, -0.2) is 0 Å². The number of nitrogens with one attached hydrogen (secondary N) is 1. The van der Waals surface area contributed by atoms with Crippen LogP contribution >= 0.6 is 12.4 Å². The molecule has 0 spiro atoms. The fourth-order valence-corrected chi connectivity index (χ4v) is 1.17. The molecule has 1 aliphatic heterocycles. The van der Waals surface area contributed by atoms with Crippen molar-refractivity contribution < 1.29 is 27.8 Å². The van der Waals surface area contributed by atoms with Crippen molar-refractivity contribution in [2.24, 2.45) is 0 Å². The summed E-state index contributed by atoms with van der Waals surface area (Å²) in [6.45, 7) is -0.0868. The lowest BCUT2D eigenvalue weighted by Gasteiger charge is -2.12. The third-order valence-corrected chi connectivity index (χ3v) is 1.69. The van der Waals surface area contributed by atoms with Crippen molar-refractivity contribution in [1.29, 1.82) is 0 Å². The van der Waals surface area contributed by atoms with Crippen molar-refractivity contribution in [3.8, 4) is 0 Å². The highest BCUT2D eigenvalue weighted by atomic mass is 35.5. The van der Waals surface area contributed by atoms with Crippen LogP contribution in [0.5, 0.6) is 0 Å². The summed E-state index contributed by atoms with van der Waals surface area (Å²) in [6, 6.07) is -0.938. The molecular weight excluding hydrogens is 227 g/mol. The molecule has 1 rings (SSSR count). The highest BCUT2D eigenvalue weighted by molar-refractivity contribution is 5.85. The third kappa shape index (κ3) is 4.12. The SMILES string of the molecule is Cl.O=C(O)[C@H]1C[C@@H](OC(F)(F)F)CN1. The lowest BCUT2D eigenvalue weighted by molar-refractivity contribution is -0.340. The standard InChI is InChI=1S/C6H8F3NO3.ClH/c7-6(8,9)13-3-1-4(5(11)12)10-2-3;/h3-4,10H,1-2H2,(H,11,12);1H/t3-,4-;/m1./s1. The first-order chi connectivity index (χ1) is 5.88. The fraction of sp³-hybridized carbons (Fsp3) is 0.833. The summed E-state index contributed by atoms with van der Waals surface area (Å²) in [5, 5.41) is 10.8. The molecule has 1 heterocycles. The Morgan fingerprint density at radius 3 is 2.43 bits per heavy atom. The molecule has 2 N–H and O–H groups in total. The first-order valence-electron chi connectivity index (χ1n) is 3.59. The van der Waals surface area contributed by atoms with Gasteiger partial charge in [-0.3, -0.25) is 9.53 Å².